The van der Waals surface area contributed by atoms with Crippen LogP contribution in [0.5, 0.6) is 0 Å². The molecule has 1 rings (SSSR count). The molecule has 0 N–H and O–H groups in total. The summed E-state index contributed by atoms with van der Waals surface area (Å²) in [5.41, 5.74) is 0. The third-order valence-electron chi connectivity index (χ3n) is 1.49. The van der Waals surface area contributed by atoms with Gasteiger partial charge in [0.15, 0.2) is 0 Å². The number of rotatable bonds is 4. The first-order valence-electron chi connectivity index (χ1n) is 4.21. The van der Waals surface area contributed by atoms with Crippen LogP contribution in [0, 0.1) is 0 Å². The predicted octanol–water partition coefficient (Wildman–Crippen LogP) is 1.03. The zero-order chi connectivity index (χ0) is 10.4. The quantitative estimate of drug-likeness (QED) is 0.554. The highest BCUT2D eigenvalue weighted by molar-refractivity contribution is 7.07. The van der Waals surface area contributed by atoms with Crippen molar-refractivity contribution in [2.75, 3.05) is 6.61 Å². The SMILES string of the molecule is CCOC(=O)/C=C/Cn1ccsc1=O. The fraction of sp³-hybridized carbons (Fsp3) is 0.333. The highest BCUT2D eigenvalue weighted by Gasteiger charge is 1.95. The van der Waals surface area contributed by atoms with Crippen LogP contribution in [-0.2, 0) is 16.1 Å². The minimum absolute atomic E-state index is 0.0292. The van der Waals surface area contributed by atoms with E-state index in [1.807, 2.05) is 0 Å². The predicted molar refractivity (Wildman–Crippen MR) is 54.4 cm³/mol. The third-order valence-corrected chi connectivity index (χ3v) is 2.18. The zero-order valence-corrected chi connectivity index (χ0v) is 8.62. The van der Waals surface area contributed by atoms with E-state index in [1.165, 1.54) is 10.6 Å². The van der Waals surface area contributed by atoms with Crippen LogP contribution in [0.1, 0.15) is 6.92 Å². The molecule has 0 aliphatic rings. The Balaban J connectivity index is 2.45. The van der Waals surface area contributed by atoms with E-state index in [0.717, 1.165) is 11.3 Å². The molecule has 0 radical (unpaired) electrons. The van der Waals surface area contributed by atoms with E-state index in [0.29, 0.717) is 13.2 Å². The average Bonchev–Trinajstić information content (AvgIpc) is 2.52. The summed E-state index contributed by atoms with van der Waals surface area (Å²) in [7, 11) is 0. The normalized spacial score (nSPS) is 10.6. The van der Waals surface area contributed by atoms with Gasteiger partial charge in [-0.25, -0.2) is 4.79 Å². The topological polar surface area (TPSA) is 48.3 Å². The van der Waals surface area contributed by atoms with Gasteiger partial charge in [-0.2, -0.15) is 0 Å². The molecule has 0 saturated heterocycles. The van der Waals surface area contributed by atoms with Gasteiger partial charge in [0.2, 0.25) is 0 Å². The molecule has 0 atom stereocenters. The van der Waals surface area contributed by atoms with E-state index < -0.39 is 0 Å². The fourth-order valence-electron chi connectivity index (χ4n) is 0.879. The lowest BCUT2D eigenvalue weighted by molar-refractivity contribution is -0.137. The molecule has 1 aromatic heterocycles. The number of esters is 1. The molecule has 0 aliphatic carbocycles. The Morgan fingerprint density at radius 2 is 2.50 bits per heavy atom. The Bertz CT molecular complexity index is 377. The van der Waals surface area contributed by atoms with Gasteiger partial charge in [-0.3, -0.25) is 4.79 Å². The van der Waals surface area contributed by atoms with Crippen molar-refractivity contribution in [3.8, 4) is 0 Å². The fourth-order valence-corrected chi connectivity index (χ4v) is 1.47. The molecule has 0 fully saturated rings. The van der Waals surface area contributed by atoms with Gasteiger partial charge in [-0.05, 0) is 6.92 Å². The smallest absolute Gasteiger partial charge is 0.330 e. The molecule has 76 valence electrons. The molecule has 5 heteroatoms. The Labute approximate surface area is 85.4 Å². The molecular weight excluding hydrogens is 202 g/mol. The van der Waals surface area contributed by atoms with Gasteiger partial charge >= 0.3 is 10.8 Å². The second kappa shape index (κ2) is 5.39. The zero-order valence-electron chi connectivity index (χ0n) is 7.80. The van der Waals surface area contributed by atoms with Crippen LogP contribution in [-0.4, -0.2) is 17.1 Å². The van der Waals surface area contributed by atoms with Gasteiger partial charge in [0.25, 0.3) is 0 Å². The maximum absolute atomic E-state index is 11.1. The number of hydrogen-bond acceptors (Lipinski definition) is 4. The molecule has 4 nitrogen and oxygen atoms in total. The van der Waals surface area contributed by atoms with Crippen LogP contribution in [0.3, 0.4) is 0 Å². The number of allylic oxidation sites excluding steroid dienone is 1. The number of ether oxygens (including phenoxy) is 1. The van der Waals surface area contributed by atoms with Gasteiger partial charge in [-0.15, -0.1) is 0 Å². The summed E-state index contributed by atoms with van der Waals surface area (Å²) in [6.07, 6.45) is 4.61. The van der Waals surface area contributed by atoms with Gasteiger partial charge in [0.05, 0.1) is 6.61 Å². The second-order valence-corrected chi connectivity index (χ2v) is 3.33. The lowest BCUT2D eigenvalue weighted by atomic mass is 10.5. The minimum atomic E-state index is -0.379. The Hall–Kier alpha value is -1.36. The van der Waals surface area contributed by atoms with Crippen molar-refractivity contribution in [2.24, 2.45) is 0 Å². The number of carbonyl (C=O) groups is 1. The number of thiazole rings is 1. The van der Waals surface area contributed by atoms with Crippen molar-refractivity contribution in [2.45, 2.75) is 13.5 Å². The van der Waals surface area contributed by atoms with Gasteiger partial charge in [0.1, 0.15) is 0 Å². The molecule has 0 aromatic carbocycles. The van der Waals surface area contributed by atoms with Gasteiger partial charge in [0, 0.05) is 24.2 Å². The Morgan fingerprint density at radius 1 is 1.71 bits per heavy atom. The summed E-state index contributed by atoms with van der Waals surface area (Å²) in [4.78, 5) is 21.9. The molecular formula is C9H11NO3S. The van der Waals surface area contributed by atoms with E-state index >= 15 is 0 Å². The van der Waals surface area contributed by atoms with Crippen LogP contribution in [0.4, 0.5) is 0 Å². The van der Waals surface area contributed by atoms with E-state index in [4.69, 9.17) is 0 Å². The Morgan fingerprint density at radius 3 is 3.07 bits per heavy atom. The summed E-state index contributed by atoms with van der Waals surface area (Å²) in [6, 6.07) is 0. The highest BCUT2D eigenvalue weighted by atomic mass is 32.1. The van der Waals surface area contributed by atoms with Crippen molar-refractivity contribution in [3.63, 3.8) is 0 Å². The average molecular weight is 213 g/mol. The van der Waals surface area contributed by atoms with Crippen molar-refractivity contribution in [3.05, 3.63) is 33.4 Å². The maximum atomic E-state index is 11.1. The summed E-state index contributed by atoms with van der Waals surface area (Å²) in [5.74, 6) is -0.379. The monoisotopic (exact) mass is 213 g/mol. The third kappa shape index (κ3) is 3.18. The molecule has 0 saturated carbocycles. The lowest BCUT2D eigenvalue weighted by Gasteiger charge is -1.95. The van der Waals surface area contributed by atoms with Crippen LogP contribution >= 0.6 is 11.3 Å². The van der Waals surface area contributed by atoms with Crippen LogP contribution in [0.15, 0.2) is 28.5 Å². The highest BCUT2D eigenvalue weighted by Crippen LogP contribution is 1.90. The maximum Gasteiger partial charge on any atom is 0.330 e. The number of aromatic nitrogens is 1. The minimum Gasteiger partial charge on any atom is -0.463 e. The molecule has 0 unspecified atom stereocenters. The molecule has 0 bridgehead atoms. The van der Waals surface area contributed by atoms with Crippen molar-refractivity contribution in [1.82, 2.24) is 4.57 Å². The first kappa shape index (κ1) is 10.7. The van der Waals surface area contributed by atoms with Crippen LogP contribution in [0.25, 0.3) is 0 Å². The standard InChI is InChI=1S/C9H11NO3S/c1-2-13-8(11)4-3-5-10-6-7-14-9(10)12/h3-4,6-7H,2,5H2,1H3/b4-3+. The summed E-state index contributed by atoms with van der Waals surface area (Å²) >= 11 is 1.13. The van der Waals surface area contributed by atoms with Crippen LogP contribution < -0.4 is 4.87 Å². The molecule has 0 spiro atoms. The van der Waals surface area contributed by atoms with Gasteiger partial charge < -0.3 is 9.30 Å². The Kier molecular flexibility index (Phi) is 4.12. The van der Waals surface area contributed by atoms with Gasteiger partial charge in [-0.1, -0.05) is 17.4 Å². The molecule has 1 aromatic rings. The first-order chi connectivity index (χ1) is 6.74. The van der Waals surface area contributed by atoms with E-state index in [9.17, 15) is 9.59 Å². The number of carbonyl (C=O) groups excluding carboxylic acids is 1. The van der Waals surface area contributed by atoms with E-state index in [1.54, 1.807) is 24.6 Å². The van der Waals surface area contributed by atoms with E-state index in [-0.39, 0.29) is 10.8 Å². The number of nitrogens with zero attached hydrogens (tertiary/aromatic N) is 1. The summed E-state index contributed by atoms with van der Waals surface area (Å²) in [5, 5.41) is 1.71. The van der Waals surface area contributed by atoms with E-state index in [2.05, 4.69) is 4.74 Å². The number of hydrogen-bond donors (Lipinski definition) is 0. The molecule has 0 amide bonds. The second-order valence-electron chi connectivity index (χ2n) is 2.48. The van der Waals surface area contributed by atoms with Crippen molar-refractivity contribution in [1.29, 1.82) is 0 Å². The lowest BCUT2D eigenvalue weighted by Crippen LogP contribution is -2.10. The van der Waals surface area contributed by atoms with Crippen molar-refractivity contribution < 1.29 is 9.53 Å². The van der Waals surface area contributed by atoms with Crippen molar-refractivity contribution >= 4 is 17.3 Å². The summed E-state index contributed by atoms with van der Waals surface area (Å²) in [6.45, 7) is 2.51. The molecule has 0 aliphatic heterocycles. The summed E-state index contributed by atoms with van der Waals surface area (Å²) < 4.78 is 6.20. The van der Waals surface area contributed by atoms with Crippen LogP contribution in [0.2, 0.25) is 0 Å². The molecule has 14 heavy (non-hydrogen) atoms. The first-order valence-corrected chi connectivity index (χ1v) is 5.09. The molecule has 1 heterocycles. The largest absolute Gasteiger partial charge is 0.463 e.